The molecule has 1 aromatic heterocycles. The summed E-state index contributed by atoms with van der Waals surface area (Å²) in [6.07, 6.45) is 1.56. The maximum absolute atomic E-state index is 12.4. The molecule has 0 aliphatic carbocycles. The molecule has 0 aliphatic heterocycles. The van der Waals surface area contributed by atoms with Gasteiger partial charge in [0.1, 0.15) is 17.9 Å². The van der Waals surface area contributed by atoms with Crippen LogP contribution in [0.15, 0.2) is 83.6 Å². The molecule has 0 atom stereocenters. The molecular formula is C23H14Br3IN2O3. The zero-order valence-electron chi connectivity index (χ0n) is 16.2. The van der Waals surface area contributed by atoms with Gasteiger partial charge in [0.05, 0.1) is 15.2 Å². The second-order valence-corrected chi connectivity index (χ2v) is 10.6. The number of carbonyl (C=O) groups is 1. The Morgan fingerprint density at radius 3 is 2.56 bits per heavy atom. The Labute approximate surface area is 223 Å². The van der Waals surface area contributed by atoms with Gasteiger partial charge in [0.25, 0.3) is 0 Å². The van der Waals surface area contributed by atoms with Crippen molar-refractivity contribution >= 4 is 93.5 Å². The van der Waals surface area contributed by atoms with E-state index in [1.807, 2.05) is 54.6 Å². The van der Waals surface area contributed by atoms with Crippen LogP contribution in [0.2, 0.25) is 0 Å². The summed E-state index contributed by atoms with van der Waals surface area (Å²) in [7, 11) is 0. The van der Waals surface area contributed by atoms with Gasteiger partial charge in [0.15, 0.2) is 5.76 Å². The summed E-state index contributed by atoms with van der Waals surface area (Å²) in [6.45, 7) is 0.475. The highest BCUT2D eigenvalue weighted by Crippen LogP contribution is 2.31. The fourth-order valence-electron chi connectivity index (χ4n) is 2.86. The average Bonchev–Trinajstić information content (AvgIpc) is 3.19. The Morgan fingerprint density at radius 2 is 1.81 bits per heavy atom. The molecule has 4 rings (SSSR count). The van der Waals surface area contributed by atoms with Crippen molar-refractivity contribution in [2.24, 2.45) is 5.10 Å². The highest BCUT2D eigenvalue weighted by atomic mass is 127. The second kappa shape index (κ2) is 10.5. The fraction of sp³-hybridized carbons (Fsp3) is 0.0435. The quantitative estimate of drug-likeness (QED) is 0.126. The summed E-state index contributed by atoms with van der Waals surface area (Å²) in [6, 6.07) is 19.2. The van der Waals surface area contributed by atoms with Crippen molar-refractivity contribution < 1.29 is 13.9 Å². The molecule has 32 heavy (non-hydrogen) atoms. The molecule has 1 amide bonds. The molecule has 0 spiro atoms. The first-order chi connectivity index (χ1) is 15.4. The largest absolute Gasteiger partial charge is 0.488 e. The third-order valence-corrected chi connectivity index (χ3v) is 6.79. The van der Waals surface area contributed by atoms with Gasteiger partial charge in [-0.2, -0.15) is 5.10 Å². The number of halogens is 4. The molecule has 1 N–H and O–H groups in total. The van der Waals surface area contributed by atoms with Gasteiger partial charge in [-0.15, -0.1) is 0 Å². The van der Waals surface area contributed by atoms with Gasteiger partial charge < -0.3 is 9.15 Å². The van der Waals surface area contributed by atoms with Crippen LogP contribution in [-0.4, -0.2) is 12.1 Å². The summed E-state index contributed by atoms with van der Waals surface area (Å²) in [4.78, 5) is 12.4. The zero-order chi connectivity index (χ0) is 22.7. The van der Waals surface area contributed by atoms with E-state index < -0.39 is 5.91 Å². The normalized spacial score (nSPS) is 11.2. The van der Waals surface area contributed by atoms with E-state index in [0.717, 1.165) is 35.7 Å². The van der Waals surface area contributed by atoms with Crippen molar-refractivity contribution in [1.29, 1.82) is 0 Å². The number of hydrogen-bond donors (Lipinski definition) is 1. The maximum atomic E-state index is 12.4. The Bertz CT molecular complexity index is 1320. The number of carbonyl (C=O) groups excluding carboxylic acids is 1. The van der Waals surface area contributed by atoms with Crippen molar-refractivity contribution in [3.8, 4) is 5.75 Å². The lowest BCUT2D eigenvalue weighted by molar-refractivity contribution is 0.0929. The van der Waals surface area contributed by atoms with Gasteiger partial charge >= 0.3 is 5.91 Å². The van der Waals surface area contributed by atoms with Crippen molar-refractivity contribution in [2.45, 2.75) is 6.61 Å². The summed E-state index contributed by atoms with van der Waals surface area (Å²) in [5, 5.41) is 4.84. The van der Waals surface area contributed by atoms with Gasteiger partial charge in [0, 0.05) is 13.4 Å². The van der Waals surface area contributed by atoms with E-state index in [4.69, 9.17) is 9.15 Å². The van der Waals surface area contributed by atoms with Gasteiger partial charge in [0.2, 0.25) is 0 Å². The zero-order valence-corrected chi connectivity index (χ0v) is 23.2. The lowest BCUT2D eigenvalue weighted by Gasteiger charge is -2.09. The second-order valence-electron chi connectivity index (χ2n) is 6.72. The SMILES string of the molecule is O=C(N/N=C\c1ccc(OCc2ccc(I)cc2)c(Br)c1)c1cc2cc(Br)cc(Br)c2o1. The Kier molecular flexibility index (Phi) is 7.70. The number of nitrogens with zero attached hydrogens (tertiary/aromatic N) is 1. The minimum Gasteiger partial charge on any atom is -0.488 e. The van der Waals surface area contributed by atoms with Crippen LogP contribution < -0.4 is 10.2 Å². The standard InChI is InChI=1S/C23H14Br3IN2O3/c24-16-8-15-9-21(32-22(15)19(26)10-16)23(30)29-28-11-14-3-6-20(18(25)7-14)31-12-13-1-4-17(27)5-2-13/h1-11H,12H2,(H,29,30)/b28-11-. The van der Waals surface area contributed by atoms with E-state index in [2.05, 4.69) is 80.9 Å². The van der Waals surface area contributed by atoms with E-state index in [0.29, 0.717) is 12.2 Å². The van der Waals surface area contributed by atoms with E-state index in [9.17, 15) is 4.79 Å². The Hall–Kier alpha value is -1.69. The monoisotopic (exact) mass is 730 g/mol. The molecular weight excluding hydrogens is 719 g/mol. The van der Waals surface area contributed by atoms with Crippen molar-refractivity contribution in [1.82, 2.24) is 5.43 Å². The van der Waals surface area contributed by atoms with Crippen molar-refractivity contribution in [2.75, 3.05) is 0 Å². The van der Waals surface area contributed by atoms with E-state index >= 15 is 0 Å². The maximum Gasteiger partial charge on any atom is 0.307 e. The van der Waals surface area contributed by atoms with Crippen LogP contribution in [0.3, 0.4) is 0 Å². The number of nitrogens with one attached hydrogen (secondary N) is 1. The molecule has 0 radical (unpaired) electrons. The average molecular weight is 733 g/mol. The molecule has 0 unspecified atom stereocenters. The van der Waals surface area contributed by atoms with Crippen molar-refractivity contribution in [3.05, 3.63) is 94.5 Å². The van der Waals surface area contributed by atoms with Crippen LogP contribution in [0.25, 0.3) is 11.0 Å². The fourth-order valence-corrected chi connectivity index (χ4v) is 5.07. The predicted molar refractivity (Wildman–Crippen MR) is 144 cm³/mol. The highest BCUT2D eigenvalue weighted by molar-refractivity contribution is 14.1. The van der Waals surface area contributed by atoms with Gasteiger partial charge in [-0.1, -0.05) is 28.1 Å². The first kappa shape index (κ1) is 23.5. The molecule has 1 heterocycles. The third-order valence-electron chi connectivity index (χ3n) is 4.40. The molecule has 0 saturated carbocycles. The molecule has 9 heteroatoms. The summed E-state index contributed by atoms with van der Waals surface area (Å²) < 4.78 is 15.2. The smallest absolute Gasteiger partial charge is 0.307 e. The topological polar surface area (TPSA) is 63.8 Å². The minimum atomic E-state index is -0.433. The van der Waals surface area contributed by atoms with Crippen LogP contribution in [0, 0.1) is 3.57 Å². The third kappa shape index (κ3) is 5.81. The van der Waals surface area contributed by atoms with E-state index in [-0.39, 0.29) is 5.76 Å². The molecule has 5 nitrogen and oxygen atoms in total. The van der Waals surface area contributed by atoms with Crippen LogP contribution >= 0.6 is 70.4 Å². The molecule has 0 fully saturated rings. The summed E-state index contributed by atoms with van der Waals surface area (Å²) >= 11 is 12.7. The number of hydrogen-bond acceptors (Lipinski definition) is 4. The highest BCUT2D eigenvalue weighted by Gasteiger charge is 2.14. The molecule has 3 aromatic carbocycles. The Morgan fingerprint density at radius 1 is 1.03 bits per heavy atom. The number of rotatable bonds is 6. The molecule has 0 saturated heterocycles. The van der Waals surface area contributed by atoms with E-state index in [1.165, 1.54) is 3.57 Å². The number of fused-ring (bicyclic) bond motifs is 1. The number of ether oxygens (including phenoxy) is 1. The predicted octanol–water partition coefficient (Wildman–Crippen LogP) is 7.67. The lowest BCUT2D eigenvalue weighted by atomic mass is 10.2. The van der Waals surface area contributed by atoms with Gasteiger partial charge in [-0.3, -0.25) is 4.79 Å². The molecule has 0 aliphatic rings. The van der Waals surface area contributed by atoms with Crippen LogP contribution in [0.5, 0.6) is 5.75 Å². The molecule has 0 bridgehead atoms. The minimum absolute atomic E-state index is 0.177. The van der Waals surface area contributed by atoms with E-state index in [1.54, 1.807) is 12.3 Å². The number of furan rings is 1. The van der Waals surface area contributed by atoms with Gasteiger partial charge in [-0.05, 0) is 114 Å². The number of amides is 1. The van der Waals surface area contributed by atoms with Crippen LogP contribution in [0.4, 0.5) is 0 Å². The number of benzene rings is 3. The summed E-state index contributed by atoms with van der Waals surface area (Å²) in [5.41, 5.74) is 4.99. The first-order valence-electron chi connectivity index (χ1n) is 9.28. The summed E-state index contributed by atoms with van der Waals surface area (Å²) in [5.74, 6) is 0.470. The Balaban J connectivity index is 1.38. The molecule has 162 valence electrons. The van der Waals surface area contributed by atoms with Crippen LogP contribution in [-0.2, 0) is 6.61 Å². The van der Waals surface area contributed by atoms with Gasteiger partial charge in [-0.25, -0.2) is 5.43 Å². The first-order valence-corrected chi connectivity index (χ1v) is 12.7. The molecule has 4 aromatic rings. The lowest BCUT2D eigenvalue weighted by Crippen LogP contribution is -2.16. The van der Waals surface area contributed by atoms with Crippen LogP contribution in [0.1, 0.15) is 21.7 Å². The van der Waals surface area contributed by atoms with Crippen molar-refractivity contribution in [3.63, 3.8) is 0 Å². The number of hydrazone groups is 1.